The van der Waals surface area contributed by atoms with E-state index in [1.54, 1.807) is 6.08 Å². The van der Waals surface area contributed by atoms with E-state index in [-0.39, 0.29) is 30.2 Å². The van der Waals surface area contributed by atoms with Crippen LogP contribution in [-0.4, -0.2) is 36.5 Å². The Bertz CT molecular complexity index is 356. The van der Waals surface area contributed by atoms with Crippen molar-refractivity contribution in [2.75, 3.05) is 7.11 Å². The lowest BCUT2D eigenvalue weighted by molar-refractivity contribution is -0.134. The number of carbonyl (C=O) groups excluding carboxylic acids is 1. The van der Waals surface area contributed by atoms with Crippen molar-refractivity contribution in [1.29, 1.82) is 0 Å². The molecule has 0 aromatic heterocycles. The lowest BCUT2D eigenvalue weighted by atomic mass is 9.93. The molecule has 0 spiro atoms. The zero-order chi connectivity index (χ0) is 14.3. The highest BCUT2D eigenvalue weighted by Crippen LogP contribution is 2.26. The third kappa shape index (κ3) is 5.91. The van der Waals surface area contributed by atoms with Gasteiger partial charge in [-0.05, 0) is 25.7 Å². The summed E-state index contributed by atoms with van der Waals surface area (Å²) in [6.45, 7) is 1.97. The van der Waals surface area contributed by atoms with Crippen LogP contribution in [0.1, 0.15) is 32.6 Å². The van der Waals surface area contributed by atoms with Crippen molar-refractivity contribution in [3.05, 3.63) is 12.2 Å². The maximum Gasteiger partial charge on any atom is 0.330 e. The average Bonchev–Trinajstić information content (AvgIpc) is 2.37. The van der Waals surface area contributed by atoms with E-state index in [1.165, 1.54) is 13.2 Å². The van der Waals surface area contributed by atoms with Gasteiger partial charge in [0.25, 0.3) is 0 Å². The lowest BCUT2D eigenvalue weighted by Gasteiger charge is -2.33. The largest absolute Gasteiger partial charge is 0.466 e. The minimum atomic E-state index is -0.381. The molecule has 0 radical (unpaired) electrons. The minimum absolute atomic E-state index is 0.00803. The fourth-order valence-corrected chi connectivity index (χ4v) is 2.24. The Labute approximate surface area is 114 Å². The molecule has 0 aromatic carbocycles. The number of rotatable bonds is 5. The molecular formula is C15H22O4. The molecule has 1 aliphatic rings. The summed E-state index contributed by atoms with van der Waals surface area (Å²) in [6, 6.07) is 0. The van der Waals surface area contributed by atoms with Crippen molar-refractivity contribution < 1.29 is 19.4 Å². The van der Waals surface area contributed by atoms with Crippen LogP contribution in [0.5, 0.6) is 0 Å². The number of ether oxygens (including phenoxy) is 2. The Kier molecular flexibility index (Phi) is 6.61. The van der Waals surface area contributed by atoms with E-state index >= 15 is 0 Å². The molecule has 0 aliphatic carbocycles. The lowest BCUT2D eigenvalue weighted by Crippen LogP contribution is -2.36. The van der Waals surface area contributed by atoms with Crippen LogP contribution in [0.4, 0.5) is 0 Å². The molecule has 0 bridgehead atoms. The van der Waals surface area contributed by atoms with Crippen LogP contribution in [0.15, 0.2) is 12.2 Å². The van der Waals surface area contributed by atoms with Crippen LogP contribution < -0.4 is 0 Å². The van der Waals surface area contributed by atoms with E-state index in [4.69, 9.17) is 11.2 Å². The first-order valence-electron chi connectivity index (χ1n) is 6.59. The van der Waals surface area contributed by atoms with E-state index in [2.05, 4.69) is 10.7 Å². The number of esters is 1. The summed E-state index contributed by atoms with van der Waals surface area (Å²) >= 11 is 0. The Morgan fingerprint density at radius 2 is 2.26 bits per heavy atom. The maximum absolute atomic E-state index is 10.9. The summed E-state index contributed by atoms with van der Waals surface area (Å²) < 4.78 is 10.4. The second kappa shape index (κ2) is 7.98. The van der Waals surface area contributed by atoms with E-state index in [9.17, 15) is 9.90 Å². The van der Waals surface area contributed by atoms with Gasteiger partial charge < -0.3 is 14.6 Å². The van der Waals surface area contributed by atoms with Crippen molar-refractivity contribution in [2.45, 2.75) is 50.9 Å². The second-order valence-corrected chi connectivity index (χ2v) is 4.97. The third-order valence-electron chi connectivity index (χ3n) is 3.21. The quantitative estimate of drug-likeness (QED) is 0.467. The molecule has 106 valence electrons. The summed E-state index contributed by atoms with van der Waals surface area (Å²) in [5.74, 6) is 2.43. The molecule has 0 amide bonds. The number of aliphatic hydroxyl groups excluding tert-OH is 1. The zero-order valence-corrected chi connectivity index (χ0v) is 11.5. The van der Waals surface area contributed by atoms with Crippen LogP contribution in [0.25, 0.3) is 0 Å². The molecule has 4 heteroatoms. The van der Waals surface area contributed by atoms with Crippen LogP contribution in [0.3, 0.4) is 0 Å². The topological polar surface area (TPSA) is 55.8 Å². The highest BCUT2D eigenvalue weighted by Gasteiger charge is 2.28. The molecule has 1 fully saturated rings. The monoisotopic (exact) mass is 266 g/mol. The van der Waals surface area contributed by atoms with Crippen molar-refractivity contribution in [1.82, 2.24) is 0 Å². The smallest absolute Gasteiger partial charge is 0.330 e. The molecule has 1 heterocycles. The van der Waals surface area contributed by atoms with E-state index in [1.807, 2.05) is 6.92 Å². The Hall–Kier alpha value is -1.31. The first kappa shape index (κ1) is 15.7. The summed E-state index contributed by atoms with van der Waals surface area (Å²) in [4.78, 5) is 10.9. The standard InChI is InChI=1S/C15H22O4/c1-4-11(2)8-14-10-12(16)9-13(19-14)6-5-7-15(17)18-3/h1,5,7,11-14,16H,6,8-10H2,2-3H3/b7-5+/t11-,12+,13-,14+/m0/s1. The molecule has 0 saturated carbocycles. The van der Waals surface area contributed by atoms with Crippen molar-refractivity contribution in [2.24, 2.45) is 5.92 Å². The van der Waals surface area contributed by atoms with E-state index < -0.39 is 0 Å². The molecule has 19 heavy (non-hydrogen) atoms. The van der Waals surface area contributed by atoms with Gasteiger partial charge in [0.2, 0.25) is 0 Å². The fourth-order valence-electron chi connectivity index (χ4n) is 2.24. The number of carbonyl (C=O) groups is 1. The number of hydrogen-bond donors (Lipinski definition) is 1. The molecule has 4 atom stereocenters. The first-order chi connectivity index (χ1) is 9.05. The molecule has 1 rings (SSSR count). The first-order valence-corrected chi connectivity index (χ1v) is 6.59. The van der Waals surface area contributed by atoms with Gasteiger partial charge in [0.05, 0.1) is 25.4 Å². The molecule has 1 N–H and O–H groups in total. The van der Waals surface area contributed by atoms with Crippen molar-refractivity contribution in [3.8, 4) is 12.3 Å². The normalized spacial score (nSPS) is 28.8. The van der Waals surface area contributed by atoms with Crippen LogP contribution >= 0.6 is 0 Å². The summed E-state index contributed by atoms with van der Waals surface area (Å²) in [5, 5.41) is 9.84. The van der Waals surface area contributed by atoms with Crippen molar-refractivity contribution in [3.63, 3.8) is 0 Å². The van der Waals surface area contributed by atoms with Gasteiger partial charge in [-0.1, -0.05) is 13.0 Å². The number of terminal acetylenes is 1. The van der Waals surface area contributed by atoms with Crippen molar-refractivity contribution >= 4 is 5.97 Å². The SMILES string of the molecule is C#C[C@H](C)C[C@@H]1C[C@H](O)C[C@H](C/C=C/C(=O)OC)O1. The molecule has 0 aromatic rings. The van der Waals surface area contributed by atoms with Gasteiger partial charge >= 0.3 is 5.97 Å². The van der Waals surface area contributed by atoms with Gasteiger partial charge in [0, 0.05) is 12.0 Å². The molecule has 1 saturated heterocycles. The van der Waals surface area contributed by atoms with Crippen LogP contribution in [-0.2, 0) is 14.3 Å². The predicted octanol–water partition coefficient (Wildman–Crippen LogP) is 1.67. The Morgan fingerprint density at radius 1 is 1.58 bits per heavy atom. The predicted molar refractivity (Wildman–Crippen MR) is 72.3 cm³/mol. The molecular weight excluding hydrogens is 244 g/mol. The Morgan fingerprint density at radius 3 is 2.89 bits per heavy atom. The van der Waals surface area contributed by atoms with E-state index in [0.29, 0.717) is 19.3 Å². The van der Waals surface area contributed by atoms with Gasteiger partial charge in [-0.25, -0.2) is 4.79 Å². The minimum Gasteiger partial charge on any atom is -0.466 e. The van der Waals surface area contributed by atoms with Gasteiger partial charge in [-0.3, -0.25) is 0 Å². The summed E-state index contributed by atoms with van der Waals surface area (Å²) in [6.07, 6.45) is 10.6. The maximum atomic E-state index is 10.9. The van der Waals surface area contributed by atoms with E-state index in [0.717, 1.165) is 6.42 Å². The summed E-state index contributed by atoms with van der Waals surface area (Å²) in [5.41, 5.74) is 0. The van der Waals surface area contributed by atoms with Crippen LogP contribution in [0, 0.1) is 18.3 Å². The number of aliphatic hydroxyl groups is 1. The highest BCUT2D eigenvalue weighted by atomic mass is 16.5. The number of methoxy groups -OCH3 is 1. The molecule has 4 nitrogen and oxygen atoms in total. The molecule has 0 unspecified atom stereocenters. The van der Waals surface area contributed by atoms with Gasteiger partial charge in [0.15, 0.2) is 0 Å². The van der Waals surface area contributed by atoms with Gasteiger partial charge in [-0.15, -0.1) is 12.3 Å². The zero-order valence-electron chi connectivity index (χ0n) is 11.5. The number of hydrogen-bond acceptors (Lipinski definition) is 4. The Balaban J connectivity index is 2.44. The average molecular weight is 266 g/mol. The van der Waals surface area contributed by atoms with Gasteiger partial charge in [-0.2, -0.15) is 0 Å². The van der Waals surface area contributed by atoms with Gasteiger partial charge in [0.1, 0.15) is 0 Å². The fraction of sp³-hybridized carbons (Fsp3) is 0.667. The third-order valence-corrected chi connectivity index (χ3v) is 3.21. The highest BCUT2D eigenvalue weighted by molar-refractivity contribution is 5.81. The summed E-state index contributed by atoms with van der Waals surface area (Å²) in [7, 11) is 1.34. The molecule has 1 aliphatic heterocycles. The second-order valence-electron chi connectivity index (χ2n) is 4.97. The van der Waals surface area contributed by atoms with Crippen LogP contribution in [0.2, 0.25) is 0 Å².